The second kappa shape index (κ2) is 6.71. The molecule has 154 valence electrons. The molecule has 1 saturated heterocycles. The Morgan fingerprint density at radius 3 is 2.46 bits per heavy atom. The molecule has 1 unspecified atom stereocenters. The van der Waals surface area contributed by atoms with Gasteiger partial charge in [-0.3, -0.25) is 14.3 Å². The lowest BCUT2D eigenvalue weighted by atomic mass is 9.89. The fourth-order valence-electron chi connectivity index (χ4n) is 3.15. The molecule has 2 amide bonds. The van der Waals surface area contributed by atoms with Crippen LogP contribution in [0.1, 0.15) is 47.9 Å². The summed E-state index contributed by atoms with van der Waals surface area (Å²) in [5, 5.41) is -0.542. The van der Waals surface area contributed by atoms with Crippen LogP contribution in [-0.4, -0.2) is 48.5 Å². The van der Waals surface area contributed by atoms with Crippen LogP contribution >= 0.6 is 0 Å². The maximum absolute atomic E-state index is 12.7. The van der Waals surface area contributed by atoms with E-state index in [-0.39, 0.29) is 30.8 Å². The van der Waals surface area contributed by atoms with E-state index >= 15 is 0 Å². The van der Waals surface area contributed by atoms with E-state index in [1.54, 1.807) is 6.92 Å². The summed E-state index contributed by atoms with van der Waals surface area (Å²) in [6, 6.07) is 1.81. The van der Waals surface area contributed by atoms with Crippen LogP contribution in [0.2, 0.25) is 0 Å². The number of aryl methyl sites for hydroxylation is 1. The number of carbonyl (C=O) groups is 2. The molecule has 2 fully saturated rings. The molecule has 1 aromatic rings. The summed E-state index contributed by atoms with van der Waals surface area (Å²) < 4.78 is 64.3. The largest absolute Gasteiger partial charge is 0.433 e. The first-order valence-corrected chi connectivity index (χ1v) is 10.3. The van der Waals surface area contributed by atoms with Crippen molar-refractivity contribution in [3.05, 3.63) is 29.1 Å². The van der Waals surface area contributed by atoms with Crippen molar-refractivity contribution in [1.82, 2.24) is 14.6 Å². The van der Waals surface area contributed by atoms with Crippen molar-refractivity contribution in [2.24, 2.45) is 5.41 Å². The van der Waals surface area contributed by atoms with Gasteiger partial charge in [0.05, 0.1) is 21.9 Å². The predicted molar refractivity (Wildman–Crippen MR) is 92.7 cm³/mol. The average Bonchev–Trinajstić information content (AvgIpc) is 3.36. The summed E-state index contributed by atoms with van der Waals surface area (Å²) in [7, 11) is -3.70. The molecule has 1 saturated carbocycles. The molecule has 28 heavy (non-hydrogen) atoms. The number of nitrogens with zero attached hydrogens (tertiary/aromatic N) is 2. The van der Waals surface area contributed by atoms with E-state index in [9.17, 15) is 31.2 Å². The Balaban J connectivity index is 1.72. The number of halogens is 3. The molecule has 1 aromatic heterocycles. The van der Waals surface area contributed by atoms with Gasteiger partial charge in [0.25, 0.3) is 5.91 Å². The number of alkyl halides is 3. The number of nitrogens with one attached hydrogen (secondary N) is 1. The highest BCUT2D eigenvalue weighted by Crippen LogP contribution is 2.34. The predicted octanol–water partition coefficient (Wildman–Crippen LogP) is 1.87. The zero-order valence-corrected chi connectivity index (χ0v) is 16.2. The standard InChI is InChI=1S/C17H20F3N3O4S/c1-10-12(5-6-13(21-10)17(18,19)20)14(24)23-8-7-16(2,9-23)15(25)22-28(26,27)11-3-4-11/h5-6,11H,3-4,7-9H2,1-2H3,(H,22,25). The molecule has 0 radical (unpaired) electrons. The molecule has 0 bridgehead atoms. The Morgan fingerprint density at radius 2 is 1.93 bits per heavy atom. The minimum atomic E-state index is -4.61. The van der Waals surface area contributed by atoms with E-state index < -0.39 is 44.4 Å². The van der Waals surface area contributed by atoms with Crippen LogP contribution in [0.4, 0.5) is 13.2 Å². The molecule has 0 spiro atoms. The minimum Gasteiger partial charge on any atom is -0.337 e. The van der Waals surface area contributed by atoms with Gasteiger partial charge < -0.3 is 4.90 Å². The minimum absolute atomic E-state index is 0.0169. The third-order valence-corrected chi connectivity index (χ3v) is 6.93. The maximum atomic E-state index is 12.7. The van der Waals surface area contributed by atoms with Crippen molar-refractivity contribution < 1.29 is 31.2 Å². The fourth-order valence-corrected chi connectivity index (χ4v) is 4.58. The molecule has 0 aromatic carbocycles. The zero-order valence-electron chi connectivity index (χ0n) is 15.3. The van der Waals surface area contributed by atoms with Crippen molar-refractivity contribution >= 4 is 21.8 Å². The summed E-state index contributed by atoms with van der Waals surface area (Å²) in [6.45, 7) is 3.04. The third-order valence-electron chi connectivity index (χ3n) is 5.11. The Labute approximate surface area is 160 Å². The van der Waals surface area contributed by atoms with Gasteiger partial charge in [-0.2, -0.15) is 13.2 Å². The number of hydrogen-bond donors (Lipinski definition) is 1. The van der Waals surface area contributed by atoms with Crippen molar-refractivity contribution in [3.8, 4) is 0 Å². The number of aromatic nitrogens is 1. The molecule has 1 N–H and O–H groups in total. The molecule has 7 nitrogen and oxygen atoms in total. The molecule has 1 aliphatic carbocycles. The van der Waals surface area contributed by atoms with Gasteiger partial charge in [0, 0.05) is 13.1 Å². The quantitative estimate of drug-likeness (QED) is 0.804. The summed E-state index contributed by atoms with van der Waals surface area (Å²) in [5.74, 6) is -1.21. The summed E-state index contributed by atoms with van der Waals surface area (Å²) in [4.78, 5) is 30.0. The maximum Gasteiger partial charge on any atom is 0.433 e. The summed E-state index contributed by atoms with van der Waals surface area (Å²) in [5.41, 5.74) is -2.22. The SMILES string of the molecule is Cc1nc(C(F)(F)F)ccc1C(=O)N1CCC(C)(C(=O)NS(=O)(=O)C2CC2)C1. The zero-order chi connectivity index (χ0) is 20.9. The van der Waals surface area contributed by atoms with Gasteiger partial charge in [-0.15, -0.1) is 0 Å². The van der Waals surface area contributed by atoms with Crippen LogP contribution in [0.15, 0.2) is 12.1 Å². The van der Waals surface area contributed by atoms with Crippen LogP contribution in [0.3, 0.4) is 0 Å². The summed E-state index contributed by atoms with van der Waals surface area (Å²) in [6.07, 6.45) is -3.32. The number of carbonyl (C=O) groups excluding carboxylic acids is 2. The highest BCUT2D eigenvalue weighted by atomic mass is 32.2. The van der Waals surface area contributed by atoms with Crippen LogP contribution in [0.5, 0.6) is 0 Å². The van der Waals surface area contributed by atoms with Gasteiger partial charge in [0.2, 0.25) is 15.9 Å². The highest BCUT2D eigenvalue weighted by molar-refractivity contribution is 7.90. The van der Waals surface area contributed by atoms with Crippen molar-refractivity contribution in [1.29, 1.82) is 0 Å². The number of likely N-dealkylation sites (tertiary alicyclic amines) is 1. The molecule has 2 aliphatic rings. The molecular formula is C17H20F3N3O4S. The highest BCUT2D eigenvalue weighted by Gasteiger charge is 2.46. The van der Waals surface area contributed by atoms with Crippen LogP contribution in [-0.2, 0) is 21.0 Å². The van der Waals surface area contributed by atoms with E-state index in [1.165, 1.54) is 11.8 Å². The van der Waals surface area contributed by atoms with E-state index in [0.717, 1.165) is 12.1 Å². The second-order valence-corrected chi connectivity index (χ2v) is 9.50. The molecule has 1 aliphatic heterocycles. The van der Waals surface area contributed by atoms with Crippen molar-refractivity contribution in [2.75, 3.05) is 13.1 Å². The normalized spacial score (nSPS) is 23.0. The first kappa shape index (κ1) is 20.6. The third kappa shape index (κ3) is 3.98. The van der Waals surface area contributed by atoms with Gasteiger partial charge in [-0.05, 0) is 45.2 Å². The molecular weight excluding hydrogens is 399 g/mol. The number of rotatable bonds is 4. The Morgan fingerprint density at radius 1 is 1.29 bits per heavy atom. The topological polar surface area (TPSA) is 96.4 Å². The average molecular weight is 419 g/mol. The van der Waals surface area contributed by atoms with Gasteiger partial charge >= 0.3 is 6.18 Å². The first-order chi connectivity index (χ1) is 12.8. The van der Waals surface area contributed by atoms with Gasteiger partial charge in [0.15, 0.2) is 0 Å². The number of amides is 2. The van der Waals surface area contributed by atoms with E-state index in [1.807, 2.05) is 0 Å². The van der Waals surface area contributed by atoms with E-state index in [2.05, 4.69) is 9.71 Å². The number of pyridine rings is 1. The molecule has 3 rings (SSSR count). The Kier molecular flexibility index (Phi) is 4.93. The van der Waals surface area contributed by atoms with Crippen molar-refractivity contribution in [2.45, 2.75) is 44.5 Å². The van der Waals surface area contributed by atoms with Crippen LogP contribution < -0.4 is 4.72 Å². The van der Waals surface area contributed by atoms with E-state index in [0.29, 0.717) is 12.8 Å². The second-order valence-electron chi connectivity index (χ2n) is 7.54. The molecule has 2 heterocycles. The number of hydrogen-bond acceptors (Lipinski definition) is 5. The van der Waals surface area contributed by atoms with Crippen molar-refractivity contribution in [3.63, 3.8) is 0 Å². The first-order valence-electron chi connectivity index (χ1n) is 8.74. The smallest absolute Gasteiger partial charge is 0.337 e. The Hall–Kier alpha value is -2.17. The molecule has 11 heteroatoms. The number of sulfonamides is 1. The molecule has 1 atom stereocenters. The Bertz CT molecular complexity index is 928. The van der Waals surface area contributed by atoms with E-state index in [4.69, 9.17) is 0 Å². The summed E-state index contributed by atoms with van der Waals surface area (Å²) >= 11 is 0. The van der Waals surface area contributed by atoms with Crippen LogP contribution in [0.25, 0.3) is 0 Å². The van der Waals surface area contributed by atoms with Crippen LogP contribution in [0, 0.1) is 12.3 Å². The lowest BCUT2D eigenvalue weighted by Gasteiger charge is -2.24. The lowest BCUT2D eigenvalue weighted by Crippen LogP contribution is -2.45. The monoisotopic (exact) mass is 419 g/mol. The van der Waals surface area contributed by atoms with Gasteiger partial charge in [-0.25, -0.2) is 13.4 Å². The lowest BCUT2D eigenvalue weighted by molar-refractivity contribution is -0.141. The fraction of sp³-hybridized carbons (Fsp3) is 0.588. The van der Waals surface area contributed by atoms with Gasteiger partial charge in [0.1, 0.15) is 5.69 Å². The van der Waals surface area contributed by atoms with Gasteiger partial charge in [-0.1, -0.05) is 0 Å².